The van der Waals surface area contributed by atoms with Gasteiger partial charge in [0, 0.05) is 24.8 Å². The van der Waals surface area contributed by atoms with Crippen molar-refractivity contribution < 1.29 is 9.53 Å². The molecule has 6 nitrogen and oxygen atoms in total. The molecule has 0 saturated carbocycles. The topological polar surface area (TPSA) is 71.2 Å². The largest absolute Gasteiger partial charge is 0.490 e. The van der Waals surface area contributed by atoms with E-state index in [1.54, 1.807) is 23.1 Å². The molecule has 0 spiro atoms. The van der Waals surface area contributed by atoms with Crippen LogP contribution >= 0.6 is 0 Å². The second kappa shape index (κ2) is 7.83. The Kier molecular flexibility index (Phi) is 5.50. The Bertz CT molecular complexity index is 855. The fourth-order valence-electron chi connectivity index (χ4n) is 3.19. The van der Waals surface area contributed by atoms with E-state index >= 15 is 0 Å². The summed E-state index contributed by atoms with van der Waals surface area (Å²) in [4.78, 5) is 14.9. The van der Waals surface area contributed by atoms with Gasteiger partial charge >= 0.3 is 0 Å². The second-order valence-corrected chi connectivity index (χ2v) is 7.49. The average Bonchev–Trinajstić information content (AvgIpc) is 3.19. The van der Waals surface area contributed by atoms with E-state index in [-0.39, 0.29) is 12.0 Å². The highest BCUT2D eigenvalue weighted by atomic mass is 16.5. The first-order chi connectivity index (χ1) is 12.9. The summed E-state index contributed by atoms with van der Waals surface area (Å²) < 4.78 is 7.77. The molecule has 0 fully saturated rings. The molecule has 1 aliphatic heterocycles. The van der Waals surface area contributed by atoms with Crippen molar-refractivity contribution in [2.75, 3.05) is 0 Å². The number of nitrogens with zero attached hydrogens (tertiary/aromatic N) is 4. The van der Waals surface area contributed by atoms with Crippen LogP contribution in [0.5, 0.6) is 5.75 Å². The second-order valence-electron chi connectivity index (χ2n) is 7.49. The molecule has 2 heterocycles. The van der Waals surface area contributed by atoms with Gasteiger partial charge in [-0.3, -0.25) is 9.48 Å². The van der Waals surface area contributed by atoms with Crippen LogP contribution in [-0.4, -0.2) is 26.7 Å². The summed E-state index contributed by atoms with van der Waals surface area (Å²) in [5, 5.41) is 13.8. The summed E-state index contributed by atoms with van der Waals surface area (Å²) in [6.07, 6.45) is 3.11. The van der Waals surface area contributed by atoms with Gasteiger partial charge < -0.3 is 9.64 Å². The van der Waals surface area contributed by atoms with E-state index in [9.17, 15) is 10.1 Å². The Hall–Kier alpha value is -2.81. The molecular weight excluding hydrogens is 340 g/mol. The number of hydrogen-bond donors (Lipinski definition) is 0. The van der Waals surface area contributed by atoms with Crippen molar-refractivity contribution in [3.8, 4) is 11.8 Å². The summed E-state index contributed by atoms with van der Waals surface area (Å²) in [5.74, 6) is 0.960. The minimum Gasteiger partial charge on any atom is -0.490 e. The minimum absolute atomic E-state index is 0.0522. The van der Waals surface area contributed by atoms with Crippen LogP contribution in [0, 0.1) is 17.2 Å². The summed E-state index contributed by atoms with van der Waals surface area (Å²) >= 11 is 0. The molecule has 0 radical (unpaired) electrons. The maximum Gasteiger partial charge on any atom is 0.258 e. The highest BCUT2D eigenvalue weighted by Crippen LogP contribution is 2.28. The average molecular weight is 366 g/mol. The number of hydrogen-bond acceptors (Lipinski definition) is 4. The predicted molar refractivity (Wildman–Crippen MR) is 102 cm³/mol. The minimum atomic E-state index is -0.130. The van der Waals surface area contributed by atoms with Crippen molar-refractivity contribution in [1.29, 1.82) is 5.26 Å². The van der Waals surface area contributed by atoms with Gasteiger partial charge in [0.1, 0.15) is 5.75 Å². The molecule has 1 aromatic heterocycles. The number of nitriles is 1. The lowest BCUT2D eigenvalue weighted by Gasteiger charge is -2.19. The number of carbonyl (C=O) groups excluding carboxylic acids is 1. The van der Waals surface area contributed by atoms with Gasteiger partial charge in [-0.15, -0.1) is 0 Å². The smallest absolute Gasteiger partial charge is 0.258 e. The third-order valence-corrected chi connectivity index (χ3v) is 4.81. The number of ether oxygens (including phenoxy) is 1. The Morgan fingerprint density at radius 1 is 1.33 bits per heavy atom. The van der Waals surface area contributed by atoms with E-state index in [0.717, 1.165) is 24.2 Å². The lowest BCUT2D eigenvalue weighted by molar-refractivity contribution is 0.0742. The van der Waals surface area contributed by atoms with Crippen molar-refractivity contribution in [1.82, 2.24) is 14.7 Å². The van der Waals surface area contributed by atoms with Crippen LogP contribution in [0.2, 0.25) is 0 Å². The third kappa shape index (κ3) is 4.13. The van der Waals surface area contributed by atoms with Gasteiger partial charge in [-0.1, -0.05) is 20.3 Å². The molecule has 1 amide bonds. The molecule has 1 aliphatic rings. The van der Waals surface area contributed by atoms with Crippen LogP contribution in [0.1, 0.15) is 61.3 Å². The highest BCUT2D eigenvalue weighted by molar-refractivity contribution is 5.97. The first-order valence-electron chi connectivity index (χ1n) is 9.46. The van der Waals surface area contributed by atoms with Gasteiger partial charge in [0.05, 0.1) is 35.5 Å². The lowest BCUT2D eigenvalue weighted by Crippen LogP contribution is -2.27. The van der Waals surface area contributed by atoms with Crippen LogP contribution in [0.3, 0.4) is 0 Å². The van der Waals surface area contributed by atoms with Crippen molar-refractivity contribution in [3.05, 3.63) is 46.8 Å². The zero-order valence-corrected chi connectivity index (χ0v) is 16.4. The van der Waals surface area contributed by atoms with Crippen LogP contribution in [0.15, 0.2) is 24.4 Å². The standard InChI is InChI=1S/C21H26N4O2/c1-5-15(4)10-25-12-17-11-24(13-19(17)23-25)21(26)18-8-16(9-22)6-7-20(18)27-14(2)3/h6-8,12,14-15H,5,10-11,13H2,1-4H3/t15-/m0/s1. The summed E-state index contributed by atoms with van der Waals surface area (Å²) in [6.45, 7) is 10.1. The van der Waals surface area contributed by atoms with E-state index in [1.807, 2.05) is 24.7 Å². The molecule has 0 unspecified atom stereocenters. The Morgan fingerprint density at radius 2 is 2.11 bits per heavy atom. The van der Waals surface area contributed by atoms with Crippen LogP contribution in [-0.2, 0) is 19.6 Å². The molecule has 142 valence electrons. The molecule has 27 heavy (non-hydrogen) atoms. The quantitative estimate of drug-likeness (QED) is 0.781. The molecule has 3 rings (SSSR count). The fourth-order valence-corrected chi connectivity index (χ4v) is 3.19. The Morgan fingerprint density at radius 3 is 2.74 bits per heavy atom. The number of aromatic nitrogens is 2. The maximum atomic E-state index is 13.1. The van der Waals surface area contributed by atoms with Gasteiger partial charge in [-0.25, -0.2) is 0 Å². The number of amides is 1. The zero-order valence-electron chi connectivity index (χ0n) is 16.4. The molecule has 0 saturated heterocycles. The van der Waals surface area contributed by atoms with E-state index in [0.29, 0.717) is 35.9 Å². The van der Waals surface area contributed by atoms with Gasteiger partial charge in [-0.2, -0.15) is 10.4 Å². The van der Waals surface area contributed by atoms with Gasteiger partial charge in [0.25, 0.3) is 5.91 Å². The highest BCUT2D eigenvalue weighted by Gasteiger charge is 2.29. The number of benzene rings is 1. The Labute approximate surface area is 160 Å². The van der Waals surface area contributed by atoms with E-state index in [1.165, 1.54) is 0 Å². The maximum absolute atomic E-state index is 13.1. The number of rotatable bonds is 6. The summed E-state index contributed by atoms with van der Waals surface area (Å²) in [7, 11) is 0. The monoisotopic (exact) mass is 366 g/mol. The first kappa shape index (κ1) is 19.0. The SMILES string of the molecule is CC[C@H](C)Cn1cc2c(n1)CN(C(=O)c1cc(C#N)ccc1OC(C)C)C2. The summed E-state index contributed by atoms with van der Waals surface area (Å²) in [6, 6.07) is 7.08. The van der Waals surface area contributed by atoms with Crippen molar-refractivity contribution in [3.63, 3.8) is 0 Å². The molecule has 0 bridgehead atoms. The Balaban J connectivity index is 1.79. The van der Waals surface area contributed by atoms with Crippen LogP contribution in [0.25, 0.3) is 0 Å². The van der Waals surface area contributed by atoms with Crippen LogP contribution in [0.4, 0.5) is 0 Å². The van der Waals surface area contributed by atoms with Gasteiger partial charge in [-0.05, 0) is 38.0 Å². The lowest BCUT2D eigenvalue weighted by atomic mass is 10.1. The molecule has 1 aromatic carbocycles. The van der Waals surface area contributed by atoms with E-state index in [4.69, 9.17) is 4.74 Å². The van der Waals surface area contributed by atoms with E-state index in [2.05, 4.69) is 25.0 Å². The van der Waals surface area contributed by atoms with Gasteiger partial charge in [0.15, 0.2) is 0 Å². The van der Waals surface area contributed by atoms with Crippen molar-refractivity contribution >= 4 is 5.91 Å². The third-order valence-electron chi connectivity index (χ3n) is 4.81. The van der Waals surface area contributed by atoms with E-state index < -0.39 is 0 Å². The molecule has 1 atom stereocenters. The van der Waals surface area contributed by atoms with Crippen LogP contribution < -0.4 is 4.74 Å². The van der Waals surface area contributed by atoms with Crippen molar-refractivity contribution in [2.24, 2.45) is 5.92 Å². The molecule has 0 aliphatic carbocycles. The number of carbonyl (C=O) groups is 1. The molecular formula is C21H26N4O2. The van der Waals surface area contributed by atoms with Gasteiger partial charge in [0.2, 0.25) is 0 Å². The first-order valence-corrected chi connectivity index (χ1v) is 9.46. The normalized spacial score (nSPS) is 14.1. The zero-order chi connectivity index (χ0) is 19.6. The molecule has 2 aromatic rings. The molecule has 6 heteroatoms. The van der Waals surface area contributed by atoms with Crippen molar-refractivity contribution in [2.45, 2.75) is 59.9 Å². The summed E-state index contributed by atoms with van der Waals surface area (Å²) in [5.41, 5.74) is 2.93. The predicted octanol–water partition coefficient (Wildman–Crippen LogP) is 3.74. The fraction of sp³-hybridized carbons (Fsp3) is 0.476. The number of fused-ring (bicyclic) bond motifs is 1. The molecule has 0 N–H and O–H groups in total.